The second-order valence-electron chi connectivity index (χ2n) is 15.8. The quantitative estimate of drug-likeness (QED) is 0.0828. The van der Waals surface area contributed by atoms with Gasteiger partial charge in [-0.25, -0.2) is 0 Å². The third-order valence-electron chi connectivity index (χ3n) is 10.6. The predicted molar refractivity (Wildman–Crippen MR) is 211 cm³/mol. The molecule has 8 heteroatoms. The Labute approximate surface area is 312 Å². The van der Waals surface area contributed by atoms with Crippen LogP contribution in [0.3, 0.4) is 0 Å². The standard InChI is InChI=1S/C45H48N4O4/c1-31-25-35(39-19-9-7-15-33(39)17-13-23-48(3,4)50)27-37-29-46-41-21-11-12-22-42(41)47-30-38-28-36(26-32(2)44(38)53-45(46,47)52-43(31)37)40-20-10-8-16-34(40)18-14-24-49(5,6)51/h7-12,15-16,19-22,25-30H,13-14,17-18,23-24H2,1-6H3/q+2. The van der Waals surface area contributed by atoms with Crippen molar-refractivity contribution in [1.82, 2.24) is 0 Å². The van der Waals surface area contributed by atoms with Crippen molar-refractivity contribution in [3.63, 3.8) is 0 Å². The van der Waals surface area contributed by atoms with Crippen molar-refractivity contribution in [3.05, 3.63) is 141 Å². The van der Waals surface area contributed by atoms with Gasteiger partial charge in [0.1, 0.15) is 0 Å². The normalized spacial score (nSPS) is 15.2. The molecule has 0 aliphatic carbocycles. The molecule has 0 saturated carbocycles. The van der Waals surface area contributed by atoms with Crippen LogP contribution in [0.5, 0.6) is 11.5 Å². The van der Waals surface area contributed by atoms with Gasteiger partial charge in [-0.15, -0.1) is 0 Å². The summed E-state index contributed by atoms with van der Waals surface area (Å²) >= 11 is 0. The zero-order valence-electron chi connectivity index (χ0n) is 31.6. The molecule has 1 spiro atoms. The first kappa shape index (κ1) is 34.9. The smallest absolute Gasteiger partial charge is 0.633 e. The van der Waals surface area contributed by atoms with Gasteiger partial charge >= 0.3 is 6.03 Å². The Morgan fingerprint density at radius 2 is 0.962 bits per heavy atom. The highest BCUT2D eigenvalue weighted by Gasteiger charge is 2.72. The summed E-state index contributed by atoms with van der Waals surface area (Å²) in [7, 11) is 6.80. The lowest BCUT2D eigenvalue weighted by Crippen LogP contribution is -2.59. The molecule has 53 heavy (non-hydrogen) atoms. The fourth-order valence-electron chi connectivity index (χ4n) is 8.08. The van der Waals surface area contributed by atoms with Crippen LogP contribution < -0.4 is 9.47 Å². The van der Waals surface area contributed by atoms with Gasteiger partial charge in [0.05, 0.1) is 52.4 Å². The third-order valence-corrected chi connectivity index (χ3v) is 10.6. The summed E-state index contributed by atoms with van der Waals surface area (Å²) in [4.78, 5) is 0. The van der Waals surface area contributed by atoms with Crippen molar-refractivity contribution in [2.45, 2.75) is 45.6 Å². The molecule has 8 nitrogen and oxygen atoms in total. The van der Waals surface area contributed by atoms with Crippen molar-refractivity contribution in [1.29, 1.82) is 0 Å². The number of benzene rings is 5. The first-order chi connectivity index (χ1) is 25.3. The molecule has 3 aliphatic rings. The van der Waals surface area contributed by atoms with E-state index in [-0.39, 0.29) is 9.29 Å². The van der Waals surface area contributed by atoms with Gasteiger partial charge in [-0.1, -0.05) is 60.7 Å². The molecule has 3 heterocycles. The van der Waals surface area contributed by atoms with E-state index in [1.807, 2.05) is 0 Å². The molecule has 0 fully saturated rings. The molecule has 3 aliphatic heterocycles. The molecule has 0 atom stereocenters. The number of nitrogens with zero attached hydrogens (tertiary/aromatic N) is 4. The molecule has 8 rings (SSSR count). The molecular weight excluding hydrogens is 661 g/mol. The van der Waals surface area contributed by atoms with Gasteiger partial charge in [-0.2, -0.15) is 0 Å². The van der Waals surface area contributed by atoms with E-state index in [4.69, 9.17) is 9.47 Å². The highest BCUT2D eigenvalue weighted by Crippen LogP contribution is 2.50. The number of rotatable bonds is 10. The average molecular weight is 709 g/mol. The average Bonchev–Trinajstić information content (AvgIpc) is 3.38. The van der Waals surface area contributed by atoms with E-state index in [1.165, 1.54) is 22.3 Å². The number of para-hydroxylation sites is 2. The van der Waals surface area contributed by atoms with E-state index in [1.54, 1.807) is 28.2 Å². The Hall–Kier alpha value is -5.12. The van der Waals surface area contributed by atoms with E-state index in [9.17, 15) is 10.4 Å². The Morgan fingerprint density at radius 3 is 1.38 bits per heavy atom. The fraction of sp³-hybridized carbons (Fsp3) is 0.289. The summed E-state index contributed by atoms with van der Waals surface area (Å²) in [5, 5.41) is 24.5. The first-order valence-electron chi connectivity index (χ1n) is 18.6. The monoisotopic (exact) mass is 708 g/mol. The Bertz CT molecular complexity index is 2150. The lowest BCUT2D eigenvalue weighted by atomic mass is 9.93. The van der Waals surface area contributed by atoms with Crippen LogP contribution in [0.25, 0.3) is 22.3 Å². The predicted octanol–water partition coefficient (Wildman–Crippen LogP) is 8.59. The topological polar surface area (TPSA) is 70.6 Å². The van der Waals surface area contributed by atoms with Crippen LogP contribution >= 0.6 is 0 Å². The molecule has 0 saturated heterocycles. The summed E-state index contributed by atoms with van der Waals surface area (Å²) < 4.78 is 17.9. The molecule has 0 radical (unpaired) electrons. The van der Waals surface area contributed by atoms with Gasteiger partial charge in [-0.3, -0.25) is 0 Å². The van der Waals surface area contributed by atoms with E-state index in [0.29, 0.717) is 13.1 Å². The minimum absolute atomic E-state index is 0.288. The minimum Gasteiger partial charge on any atom is -0.633 e. The SMILES string of the molecule is Cc1cc(-c2ccccc2CCC[N+](C)(C)[O-])cc2c1OC13Oc4c(C)cc(-c5ccccc5CCC[N+](C)(C)[O-])cc4C=[N+]1c1ccccc1[N+]3=C2. The van der Waals surface area contributed by atoms with Gasteiger partial charge in [0.25, 0.3) is 11.4 Å². The number of hydrogen-bond donors (Lipinski definition) is 0. The largest absolute Gasteiger partial charge is 0.715 e. The third kappa shape index (κ3) is 6.57. The summed E-state index contributed by atoms with van der Waals surface area (Å²) in [6.07, 6.45) is 7.63. The maximum Gasteiger partial charge on any atom is 0.715 e. The molecule has 0 N–H and O–H groups in total. The second-order valence-corrected chi connectivity index (χ2v) is 15.8. The molecule has 5 aromatic rings. The van der Waals surface area contributed by atoms with Gasteiger partial charge in [-0.05, 0) is 105 Å². The van der Waals surface area contributed by atoms with Crippen LogP contribution in [0, 0.1) is 24.3 Å². The molecule has 5 aromatic carbocycles. The van der Waals surface area contributed by atoms with Crippen molar-refractivity contribution in [2.75, 3.05) is 41.3 Å². The van der Waals surface area contributed by atoms with Crippen LogP contribution in [-0.4, -0.2) is 78.2 Å². The lowest BCUT2D eigenvalue weighted by molar-refractivity contribution is -0.840. The van der Waals surface area contributed by atoms with Crippen LogP contribution in [0.1, 0.15) is 46.2 Å². The molecule has 0 unspecified atom stereocenters. The van der Waals surface area contributed by atoms with Crippen LogP contribution in [0.2, 0.25) is 0 Å². The number of hydrogen-bond acceptors (Lipinski definition) is 4. The summed E-state index contributed by atoms with van der Waals surface area (Å²) in [6.45, 7) is 5.34. The van der Waals surface area contributed by atoms with Crippen LogP contribution in [0.15, 0.2) is 97.1 Å². The van der Waals surface area contributed by atoms with Crippen LogP contribution in [-0.2, 0) is 12.8 Å². The van der Waals surface area contributed by atoms with Gasteiger partial charge in [0.15, 0.2) is 23.9 Å². The summed E-state index contributed by atoms with van der Waals surface area (Å²) in [6, 6.07) is 32.9. The highest BCUT2D eigenvalue weighted by molar-refractivity contribution is 5.90. The molecule has 0 amide bonds. The minimum atomic E-state index is -1.27. The Morgan fingerprint density at radius 1 is 0.566 bits per heavy atom. The van der Waals surface area contributed by atoms with Crippen molar-refractivity contribution >= 4 is 23.8 Å². The lowest BCUT2D eigenvalue weighted by Gasteiger charge is -2.33. The Balaban J connectivity index is 1.18. The molecule has 0 bridgehead atoms. The summed E-state index contributed by atoms with van der Waals surface area (Å²) in [5.74, 6) is 1.57. The summed E-state index contributed by atoms with van der Waals surface area (Å²) in [5.41, 5.74) is 13.0. The number of ether oxygens (including phenoxy) is 2. The van der Waals surface area contributed by atoms with Crippen LogP contribution in [0.4, 0.5) is 11.4 Å². The Kier molecular flexibility index (Phi) is 8.62. The second kappa shape index (κ2) is 13.1. The highest BCUT2D eigenvalue weighted by atomic mass is 16.7. The van der Waals surface area contributed by atoms with E-state index in [0.717, 1.165) is 81.9 Å². The van der Waals surface area contributed by atoms with E-state index >= 15 is 0 Å². The van der Waals surface area contributed by atoms with Crippen molar-refractivity contribution in [3.8, 4) is 33.8 Å². The van der Waals surface area contributed by atoms with Gasteiger partial charge in [0, 0.05) is 25.0 Å². The maximum atomic E-state index is 12.3. The zero-order chi connectivity index (χ0) is 37.1. The van der Waals surface area contributed by atoms with Gasteiger partial charge in [0.2, 0.25) is 0 Å². The van der Waals surface area contributed by atoms with E-state index in [2.05, 4.69) is 132 Å². The van der Waals surface area contributed by atoms with Gasteiger partial charge < -0.3 is 29.2 Å². The molecular formula is C45H48N4O4+2. The zero-order valence-corrected chi connectivity index (χ0v) is 31.6. The fourth-order valence-corrected chi connectivity index (χ4v) is 8.08. The molecule has 270 valence electrons. The number of aryl methyl sites for hydroxylation is 4. The van der Waals surface area contributed by atoms with E-state index < -0.39 is 6.03 Å². The number of quaternary nitrogens is 2. The molecule has 0 aromatic heterocycles. The van der Waals surface area contributed by atoms with Crippen molar-refractivity contribution < 1.29 is 27.9 Å². The number of hydroxylamine groups is 6. The first-order valence-corrected chi connectivity index (χ1v) is 18.6. The number of fused-ring (bicyclic) bond motifs is 5. The maximum absolute atomic E-state index is 12.3. The van der Waals surface area contributed by atoms with Crippen molar-refractivity contribution in [2.24, 2.45) is 0 Å².